The number of benzene rings is 1. The van der Waals surface area contributed by atoms with E-state index in [1.165, 1.54) is 11.1 Å². The van der Waals surface area contributed by atoms with Gasteiger partial charge < -0.3 is 4.98 Å². The molecule has 0 saturated carbocycles. The number of hydrogen-bond acceptors (Lipinski definition) is 0. The van der Waals surface area contributed by atoms with Crippen molar-refractivity contribution in [2.24, 2.45) is 7.05 Å². The van der Waals surface area contributed by atoms with Crippen LogP contribution in [0.1, 0.15) is 16.8 Å². The Balaban J connectivity index is 2.03. The third-order valence-electron chi connectivity index (χ3n) is 3.44. The topological polar surface area (TPSA) is 19.7 Å². The Labute approximate surface area is 123 Å². The lowest BCUT2D eigenvalue weighted by atomic mass is 10.1. The first kappa shape index (κ1) is 12.9. The third-order valence-corrected chi connectivity index (χ3v) is 3.68. The predicted octanol–water partition coefficient (Wildman–Crippen LogP) is 4.12. The van der Waals surface area contributed by atoms with Crippen LogP contribution in [0.15, 0.2) is 42.7 Å². The first-order valence-corrected chi connectivity index (χ1v) is 6.92. The van der Waals surface area contributed by atoms with Gasteiger partial charge in [-0.3, -0.25) is 0 Å². The number of aromatic amines is 1. The molecule has 0 aliphatic heterocycles. The van der Waals surface area contributed by atoms with E-state index in [9.17, 15) is 0 Å². The molecule has 3 heteroatoms. The first-order valence-electron chi connectivity index (χ1n) is 6.55. The zero-order chi connectivity index (χ0) is 14.1. The fourth-order valence-electron chi connectivity index (χ4n) is 2.34. The van der Waals surface area contributed by atoms with Gasteiger partial charge in [-0.15, -0.1) is 0 Å². The molecule has 2 aromatic heterocycles. The molecule has 0 unspecified atom stereocenters. The highest BCUT2D eigenvalue weighted by molar-refractivity contribution is 6.31. The fourth-order valence-corrected chi connectivity index (χ4v) is 2.51. The van der Waals surface area contributed by atoms with E-state index in [-0.39, 0.29) is 0 Å². The maximum absolute atomic E-state index is 6.09. The highest BCUT2D eigenvalue weighted by atomic mass is 35.5. The Morgan fingerprint density at radius 2 is 1.85 bits per heavy atom. The van der Waals surface area contributed by atoms with Crippen LogP contribution in [0, 0.1) is 6.92 Å². The minimum absolute atomic E-state index is 0.762. The maximum atomic E-state index is 6.09. The van der Waals surface area contributed by atoms with Crippen molar-refractivity contribution in [1.29, 1.82) is 0 Å². The van der Waals surface area contributed by atoms with E-state index in [0.29, 0.717) is 0 Å². The van der Waals surface area contributed by atoms with Gasteiger partial charge >= 0.3 is 0 Å². The van der Waals surface area contributed by atoms with E-state index >= 15 is 0 Å². The van der Waals surface area contributed by atoms with Crippen LogP contribution in [0.25, 0.3) is 23.1 Å². The molecule has 1 aromatic carbocycles. The standard InChI is InChI=1S/C17H15ClN2/c1-12-15(5-3-13-7-9-20(2)10-8-13)16-11-14(18)4-6-17(16)19-12/h3-11H,1-2H3/p+1. The molecular formula is C17H16ClN2+. The SMILES string of the molecule is Cc1[nH]c2ccc(Cl)cc2c1/C=C/c1cc[n+](C)cc1. The second kappa shape index (κ2) is 5.14. The van der Waals surface area contributed by atoms with E-state index in [4.69, 9.17) is 11.6 Å². The summed E-state index contributed by atoms with van der Waals surface area (Å²) in [5.74, 6) is 0. The lowest BCUT2D eigenvalue weighted by Gasteiger charge is -1.95. The molecule has 0 radical (unpaired) electrons. The molecule has 0 atom stereocenters. The molecule has 0 amide bonds. The van der Waals surface area contributed by atoms with Gasteiger partial charge in [0.05, 0.1) is 0 Å². The molecule has 1 N–H and O–H groups in total. The zero-order valence-corrected chi connectivity index (χ0v) is 12.3. The minimum Gasteiger partial charge on any atom is -0.358 e. The average molecular weight is 284 g/mol. The number of pyridine rings is 1. The second-order valence-corrected chi connectivity index (χ2v) is 5.42. The number of nitrogens with zero attached hydrogens (tertiary/aromatic N) is 1. The molecular weight excluding hydrogens is 268 g/mol. The Morgan fingerprint density at radius 3 is 2.60 bits per heavy atom. The number of aryl methyl sites for hydroxylation is 2. The normalized spacial score (nSPS) is 11.6. The Kier molecular flexibility index (Phi) is 3.33. The summed E-state index contributed by atoms with van der Waals surface area (Å²) in [7, 11) is 2.01. The third kappa shape index (κ3) is 2.47. The van der Waals surface area contributed by atoms with Crippen molar-refractivity contribution in [2.75, 3.05) is 0 Å². The Bertz CT molecular complexity index is 783. The van der Waals surface area contributed by atoms with E-state index in [1.54, 1.807) is 0 Å². The quantitative estimate of drug-likeness (QED) is 0.683. The van der Waals surface area contributed by atoms with Crippen LogP contribution in [0.5, 0.6) is 0 Å². The molecule has 0 aliphatic rings. The lowest BCUT2D eigenvalue weighted by Crippen LogP contribution is -2.25. The maximum Gasteiger partial charge on any atom is 0.169 e. The first-order chi connectivity index (χ1) is 9.63. The van der Waals surface area contributed by atoms with Crippen LogP contribution in [0.4, 0.5) is 0 Å². The van der Waals surface area contributed by atoms with Gasteiger partial charge in [0.25, 0.3) is 0 Å². The molecule has 3 aromatic rings. The van der Waals surface area contributed by atoms with Crippen molar-refractivity contribution in [3.63, 3.8) is 0 Å². The van der Waals surface area contributed by atoms with Crippen LogP contribution in [-0.2, 0) is 7.05 Å². The Hall–Kier alpha value is -2.06. The van der Waals surface area contributed by atoms with Crippen LogP contribution < -0.4 is 4.57 Å². The van der Waals surface area contributed by atoms with E-state index in [0.717, 1.165) is 21.6 Å². The summed E-state index contributed by atoms with van der Waals surface area (Å²) in [5.41, 5.74) is 4.64. The molecule has 0 saturated heterocycles. The summed E-state index contributed by atoms with van der Waals surface area (Å²) >= 11 is 6.09. The van der Waals surface area contributed by atoms with Crippen molar-refractivity contribution in [3.8, 4) is 0 Å². The number of halogens is 1. The number of hydrogen-bond donors (Lipinski definition) is 1. The summed E-state index contributed by atoms with van der Waals surface area (Å²) in [6.45, 7) is 2.08. The van der Waals surface area contributed by atoms with Gasteiger partial charge in [-0.2, -0.15) is 0 Å². The van der Waals surface area contributed by atoms with Gasteiger partial charge in [0, 0.05) is 39.3 Å². The van der Waals surface area contributed by atoms with Crippen molar-refractivity contribution in [3.05, 3.63) is 64.6 Å². The highest BCUT2D eigenvalue weighted by Gasteiger charge is 2.06. The number of H-pyrrole nitrogens is 1. The predicted molar refractivity (Wildman–Crippen MR) is 84.6 cm³/mol. The van der Waals surface area contributed by atoms with Crippen LogP contribution in [0.2, 0.25) is 5.02 Å². The largest absolute Gasteiger partial charge is 0.358 e. The van der Waals surface area contributed by atoms with Gasteiger partial charge in [0.2, 0.25) is 0 Å². The number of rotatable bonds is 2. The number of nitrogens with one attached hydrogen (secondary N) is 1. The average Bonchev–Trinajstić information content (AvgIpc) is 2.73. The minimum atomic E-state index is 0.762. The zero-order valence-electron chi connectivity index (χ0n) is 11.5. The molecule has 0 aliphatic carbocycles. The molecule has 100 valence electrons. The molecule has 2 nitrogen and oxygen atoms in total. The van der Waals surface area contributed by atoms with Gasteiger partial charge in [0.15, 0.2) is 12.4 Å². The molecule has 0 spiro atoms. The van der Waals surface area contributed by atoms with E-state index in [2.05, 4.69) is 36.2 Å². The lowest BCUT2D eigenvalue weighted by molar-refractivity contribution is -0.671. The van der Waals surface area contributed by atoms with Crippen molar-refractivity contribution < 1.29 is 4.57 Å². The number of fused-ring (bicyclic) bond motifs is 1. The van der Waals surface area contributed by atoms with Gasteiger partial charge in [-0.1, -0.05) is 23.8 Å². The summed E-state index contributed by atoms with van der Waals surface area (Å²) in [5, 5.41) is 1.92. The summed E-state index contributed by atoms with van der Waals surface area (Å²) in [6.07, 6.45) is 8.34. The smallest absolute Gasteiger partial charge is 0.169 e. The van der Waals surface area contributed by atoms with Crippen LogP contribution in [0.3, 0.4) is 0 Å². The molecule has 2 heterocycles. The van der Waals surface area contributed by atoms with E-state index < -0.39 is 0 Å². The summed E-state index contributed by atoms with van der Waals surface area (Å²) in [4.78, 5) is 3.39. The van der Waals surface area contributed by atoms with Crippen LogP contribution in [-0.4, -0.2) is 4.98 Å². The molecule has 0 bridgehead atoms. The Morgan fingerprint density at radius 1 is 1.10 bits per heavy atom. The number of aromatic nitrogens is 2. The fraction of sp³-hybridized carbons (Fsp3) is 0.118. The molecule has 0 fully saturated rings. The second-order valence-electron chi connectivity index (χ2n) is 4.98. The van der Waals surface area contributed by atoms with Gasteiger partial charge in [0.1, 0.15) is 7.05 Å². The summed E-state index contributed by atoms with van der Waals surface area (Å²) < 4.78 is 2.02. The summed E-state index contributed by atoms with van der Waals surface area (Å²) in [6, 6.07) is 10.1. The van der Waals surface area contributed by atoms with Crippen molar-refractivity contribution in [1.82, 2.24) is 4.98 Å². The molecule has 20 heavy (non-hydrogen) atoms. The molecule has 3 rings (SSSR count). The van der Waals surface area contributed by atoms with E-state index in [1.807, 2.05) is 42.2 Å². The van der Waals surface area contributed by atoms with Crippen molar-refractivity contribution in [2.45, 2.75) is 6.92 Å². The monoisotopic (exact) mass is 283 g/mol. The van der Waals surface area contributed by atoms with Crippen molar-refractivity contribution >= 4 is 34.7 Å². The highest BCUT2D eigenvalue weighted by Crippen LogP contribution is 2.26. The van der Waals surface area contributed by atoms with Crippen LogP contribution >= 0.6 is 11.6 Å². The van der Waals surface area contributed by atoms with Gasteiger partial charge in [-0.05, 0) is 30.7 Å². The van der Waals surface area contributed by atoms with Gasteiger partial charge in [-0.25, -0.2) is 4.57 Å².